The van der Waals surface area contributed by atoms with Crippen LogP contribution in [-0.2, 0) is 19.3 Å². The largest absolute Gasteiger partial charge is 1.00 e. The Morgan fingerprint density at radius 3 is 2.74 bits per heavy atom. The van der Waals surface area contributed by atoms with Crippen LogP contribution in [0.25, 0.3) is 11.0 Å². The number of carbonyl (C=O) groups excluding carboxylic acids is 1. The van der Waals surface area contributed by atoms with Gasteiger partial charge >= 0.3 is 17.4 Å². The summed E-state index contributed by atoms with van der Waals surface area (Å²) in [7, 11) is -2.56. The van der Waals surface area contributed by atoms with E-state index in [-0.39, 0.29) is 34.4 Å². The van der Waals surface area contributed by atoms with Gasteiger partial charge in [0.1, 0.15) is 23.4 Å². The topological polar surface area (TPSA) is 118 Å². The third kappa shape index (κ3) is 3.39. The van der Waals surface area contributed by atoms with Crippen molar-refractivity contribution in [2.24, 2.45) is 0 Å². The summed E-state index contributed by atoms with van der Waals surface area (Å²) in [5, 5.41) is 0.545. The molecular weight excluding hydrogens is 333 g/mol. The number of nitrogens with zero attached hydrogens (tertiary/aromatic N) is 3. The summed E-state index contributed by atoms with van der Waals surface area (Å²) in [6, 6.07) is 3.21. The molecule has 3 heterocycles. The van der Waals surface area contributed by atoms with Crippen LogP contribution >= 0.6 is 0 Å². The SMILES string of the molecule is Cc1cnc(C(=O)c2ncnc3[nH]ccc23)c(N[S-](=O)=O)c1.[Al+]. The normalized spacial score (nSPS) is 10.5. The number of fused-ring (bicyclic) bond motifs is 1. The van der Waals surface area contributed by atoms with Gasteiger partial charge in [-0.2, -0.15) is 0 Å². The molecule has 3 rings (SSSR count). The van der Waals surface area contributed by atoms with E-state index in [4.69, 9.17) is 0 Å². The molecule has 0 atom stereocenters. The molecule has 114 valence electrons. The number of aryl methyl sites for hydroxylation is 1. The molecule has 0 spiro atoms. The molecule has 0 aliphatic rings. The summed E-state index contributed by atoms with van der Waals surface area (Å²) in [6.45, 7) is 1.75. The van der Waals surface area contributed by atoms with Crippen molar-refractivity contribution in [3.63, 3.8) is 0 Å². The average molecular weight is 343 g/mol. The number of hydrogen-bond acceptors (Lipinski definition) is 7. The zero-order chi connectivity index (χ0) is 15.7. The molecule has 0 amide bonds. The fourth-order valence-electron chi connectivity index (χ4n) is 2.08. The molecule has 0 bridgehead atoms. The van der Waals surface area contributed by atoms with Gasteiger partial charge < -0.3 is 18.1 Å². The van der Waals surface area contributed by atoms with Gasteiger partial charge in [-0.05, 0) is 24.6 Å². The minimum atomic E-state index is -2.56. The monoisotopic (exact) mass is 343 g/mol. The molecule has 0 aromatic carbocycles. The van der Waals surface area contributed by atoms with E-state index < -0.39 is 16.7 Å². The number of aromatic amines is 1. The Morgan fingerprint density at radius 2 is 2.00 bits per heavy atom. The molecule has 0 aliphatic heterocycles. The zero-order valence-corrected chi connectivity index (χ0v) is 13.9. The molecule has 23 heavy (non-hydrogen) atoms. The van der Waals surface area contributed by atoms with Crippen LogP contribution in [0.4, 0.5) is 5.69 Å². The van der Waals surface area contributed by atoms with E-state index in [0.29, 0.717) is 11.0 Å². The van der Waals surface area contributed by atoms with E-state index in [1.165, 1.54) is 18.6 Å². The number of pyridine rings is 1. The summed E-state index contributed by atoms with van der Waals surface area (Å²) in [6.07, 6.45) is 4.39. The van der Waals surface area contributed by atoms with Gasteiger partial charge in [-0.15, -0.1) is 0 Å². The first kappa shape index (κ1) is 17.1. The van der Waals surface area contributed by atoms with Gasteiger partial charge in [0, 0.05) is 34.4 Å². The molecule has 0 unspecified atom stereocenters. The van der Waals surface area contributed by atoms with Crippen LogP contribution in [0.2, 0.25) is 0 Å². The first-order valence-electron chi connectivity index (χ1n) is 6.21. The van der Waals surface area contributed by atoms with Crippen molar-refractivity contribution in [3.05, 3.63) is 47.8 Å². The standard InChI is InChI=1S/C13H10N5O3S.Al/c1-7-4-9(18-22(20)21)11(15-5-7)12(19)10-8-2-3-14-13(8)17-6-16-10;/h2-6H,1H3,(H,14,16,17)(H,18,20,21);/q-1;+1. The quantitative estimate of drug-likeness (QED) is 0.417. The second-order valence-electron chi connectivity index (χ2n) is 4.54. The van der Waals surface area contributed by atoms with Gasteiger partial charge in [0.15, 0.2) is 0 Å². The number of aromatic nitrogens is 4. The van der Waals surface area contributed by atoms with Crippen LogP contribution in [-0.4, -0.2) is 43.1 Å². The van der Waals surface area contributed by atoms with Crippen molar-refractivity contribution in [3.8, 4) is 0 Å². The second kappa shape index (κ2) is 6.87. The van der Waals surface area contributed by atoms with Crippen molar-refractivity contribution in [2.75, 3.05) is 4.72 Å². The molecule has 0 aliphatic carbocycles. The van der Waals surface area contributed by atoms with E-state index in [2.05, 4.69) is 24.7 Å². The summed E-state index contributed by atoms with van der Waals surface area (Å²) >= 11 is 0. The van der Waals surface area contributed by atoms with Crippen LogP contribution in [0.5, 0.6) is 0 Å². The Labute approximate surface area is 143 Å². The maximum atomic E-state index is 12.7. The molecule has 0 fully saturated rings. The summed E-state index contributed by atoms with van der Waals surface area (Å²) in [5.74, 6) is -0.486. The van der Waals surface area contributed by atoms with Crippen LogP contribution in [0.3, 0.4) is 0 Å². The first-order valence-corrected chi connectivity index (χ1v) is 7.29. The van der Waals surface area contributed by atoms with Gasteiger partial charge in [0.05, 0.1) is 0 Å². The average Bonchev–Trinajstić information content (AvgIpc) is 2.94. The van der Waals surface area contributed by atoms with Gasteiger partial charge in [-0.1, -0.05) is 0 Å². The Balaban J connectivity index is 0.00000192. The number of anilines is 1. The van der Waals surface area contributed by atoms with E-state index in [9.17, 15) is 13.2 Å². The fraction of sp³-hybridized carbons (Fsp3) is 0.0769. The third-order valence-corrected chi connectivity index (χ3v) is 3.39. The molecule has 2 radical (unpaired) electrons. The van der Waals surface area contributed by atoms with Crippen molar-refractivity contribution in [1.82, 2.24) is 19.9 Å². The molecule has 0 saturated carbocycles. The smallest absolute Gasteiger partial charge is 0.418 e. The Bertz CT molecular complexity index is 946. The fourth-order valence-corrected chi connectivity index (χ4v) is 2.42. The third-order valence-electron chi connectivity index (χ3n) is 3.00. The van der Waals surface area contributed by atoms with E-state index in [1.54, 1.807) is 19.2 Å². The van der Waals surface area contributed by atoms with Crippen molar-refractivity contribution >= 4 is 50.8 Å². The van der Waals surface area contributed by atoms with Gasteiger partial charge in [-0.25, -0.2) is 9.97 Å². The van der Waals surface area contributed by atoms with Crippen molar-refractivity contribution < 1.29 is 13.2 Å². The minimum Gasteiger partial charge on any atom is -0.418 e. The zero-order valence-electron chi connectivity index (χ0n) is 11.9. The number of nitrogens with one attached hydrogen (secondary N) is 2. The van der Waals surface area contributed by atoms with Crippen LogP contribution in [0, 0.1) is 6.92 Å². The molecule has 2 N–H and O–H groups in total. The molecule has 3 aromatic heterocycles. The Hall–Kier alpha value is -2.28. The predicted octanol–water partition coefficient (Wildman–Crippen LogP) is 1.15. The maximum Gasteiger partial charge on any atom is 1.00 e. The Kier molecular flexibility index (Phi) is 5.10. The molecule has 8 nitrogen and oxygen atoms in total. The van der Waals surface area contributed by atoms with Gasteiger partial charge in [0.2, 0.25) is 5.78 Å². The first-order chi connectivity index (χ1) is 10.6. The summed E-state index contributed by atoms with van der Waals surface area (Å²) in [5.41, 5.74) is 1.49. The van der Waals surface area contributed by atoms with Crippen LogP contribution in [0.15, 0.2) is 30.9 Å². The molecule has 0 saturated heterocycles. The van der Waals surface area contributed by atoms with Crippen LogP contribution < -0.4 is 4.72 Å². The number of hydrogen-bond donors (Lipinski definition) is 2. The van der Waals surface area contributed by atoms with E-state index >= 15 is 0 Å². The van der Waals surface area contributed by atoms with Gasteiger partial charge in [-0.3, -0.25) is 9.78 Å². The number of ketones is 1. The predicted molar refractivity (Wildman–Crippen MR) is 84.4 cm³/mol. The van der Waals surface area contributed by atoms with Crippen LogP contribution in [0.1, 0.15) is 21.7 Å². The Morgan fingerprint density at radius 1 is 1.22 bits per heavy atom. The molecular formula is C13H10AlN5O3S. The van der Waals surface area contributed by atoms with Gasteiger partial charge in [0.25, 0.3) is 0 Å². The summed E-state index contributed by atoms with van der Waals surface area (Å²) < 4.78 is 24.0. The van der Waals surface area contributed by atoms with E-state index in [1.807, 2.05) is 0 Å². The second-order valence-corrected chi connectivity index (χ2v) is 5.21. The maximum absolute atomic E-state index is 12.7. The number of carbonyl (C=O) groups is 1. The number of H-pyrrole nitrogens is 1. The van der Waals surface area contributed by atoms with E-state index in [0.717, 1.165) is 5.56 Å². The molecule has 3 aromatic rings. The number of rotatable bonds is 4. The van der Waals surface area contributed by atoms with Crippen molar-refractivity contribution in [1.29, 1.82) is 0 Å². The molecule has 10 heteroatoms. The summed E-state index contributed by atoms with van der Waals surface area (Å²) in [4.78, 5) is 27.6. The van der Waals surface area contributed by atoms with Crippen molar-refractivity contribution in [2.45, 2.75) is 6.92 Å². The minimum absolute atomic E-state index is 0.